The molecule has 14 heavy (non-hydrogen) atoms. The number of hydrogen-bond donors (Lipinski definition) is 0. The van der Waals surface area contributed by atoms with Crippen molar-refractivity contribution < 1.29 is 4.74 Å². The van der Waals surface area contributed by atoms with Gasteiger partial charge in [-0.15, -0.1) is 0 Å². The fourth-order valence-electron chi connectivity index (χ4n) is 1.36. The average molecular weight is 210 g/mol. The number of rotatable bonds is 1. The van der Waals surface area contributed by atoms with Crippen LogP contribution < -0.4 is 0 Å². The van der Waals surface area contributed by atoms with E-state index in [1.54, 1.807) is 0 Å². The number of halogens is 1. The van der Waals surface area contributed by atoms with Gasteiger partial charge < -0.3 is 4.74 Å². The molecule has 0 fully saturated rings. The molecular weight excluding hydrogens is 198 g/mol. The largest absolute Gasteiger partial charge is 0.475 e. The highest BCUT2D eigenvalue weighted by Gasteiger charge is 2.27. The lowest BCUT2D eigenvalue weighted by Gasteiger charge is -2.07. The molecule has 0 atom stereocenters. The summed E-state index contributed by atoms with van der Waals surface area (Å²) in [6, 6.07) is 7.58. The van der Waals surface area contributed by atoms with Crippen molar-refractivity contribution in [3.63, 3.8) is 0 Å². The summed E-state index contributed by atoms with van der Waals surface area (Å²) in [5.41, 5.74) is 0.744. The standard InChI is InChI=1S/C11H12ClNO/c1-11(2)7-14-10(13-11)8-5-3-4-6-9(8)12/h3-6H,7H2,1-2H3. The van der Waals surface area contributed by atoms with Gasteiger partial charge in [0.25, 0.3) is 0 Å². The average Bonchev–Trinajstić information content (AvgIpc) is 2.47. The number of aliphatic imine (C=N–C) groups is 1. The Bertz CT molecular complexity index is 385. The lowest BCUT2D eigenvalue weighted by Crippen LogP contribution is -2.17. The predicted octanol–water partition coefficient (Wildman–Crippen LogP) is 2.90. The Balaban J connectivity index is 2.38. The third-order valence-electron chi connectivity index (χ3n) is 2.07. The van der Waals surface area contributed by atoms with Gasteiger partial charge >= 0.3 is 0 Å². The van der Waals surface area contributed by atoms with Crippen LogP contribution in [0.2, 0.25) is 5.02 Å². The molecule has 2 nitrogen and oxygen atoms in total. The van der Waals surface area contributed by atoms with Gasteiger partial charge in [-0.2, -0.15) is 0 Å². The normalized spacial score (nSPS) is 18.9. The van der Waals surface area contributed by atoms with E-state index < -0.39 is 0 Å². The summed E-state index contributed by atoms with van der Waals surface area (Å²) in [4.78, 5) is 4.46. The quantitative estimate of drug-likeness (QED) is 0.697. The van der Waals surface area contributed by atoms with E-state index in [0.29, 0.717) is 17.5 Å². The molecule has 1 aliphatic heterocycles. The molecule has 0 saturated carbocycles. The maximum absolute atomic E-state index is 6.04. The second-order valence-electron chi connectivity index (χ2n) is 4.00. The minimum absolute atomic E-state index is 0.130. The Morgan fingerprint density at radius 2 is 2.07 bits per heavy atom. The Morgan fingerprint density at radius 3 is 2.64 bits per heavy atom. The van der Waals surface area contributed by atoms with Crippen LogP contribution in [0.25, 0.3) is 0 Å². The minimum atomic E-state index is -0.130. The maximum atomic E-state index is 6.04. The van der Waals surface area contributed by atoms with E-state index in [9.17, 15) is 0 Å². The van der Waals surface area contributed by atoms with Gasteiger partial charge in [-0.05, 0) is 26.0 Å². The Kier molecular flexibility index (Phi) is 2.23. The smallest absolute Gasteiger partial charge is 0.218 e. The molecule has 74 valence electrons. The third-order valence-corrected chi connectivity index (χ3v) is 2.40. The van der Waals surface area contributed by atoms with Crippen molar-refractivity contribution in [2.45, 2.75) is 19.4 Å². The summed E-state index contributed by atoms with van der Waals surface area (Å²) < 4.78 is 5.50. The molecule has 0 aliphatic carbocycles. The van der Waals surface area contributed by atoms with E-state index in [-0.39, 0.29) is 5.54 Å². The highest BCUT2D eigenvalue weighted by atomic mass is 35.5. The number of benzene rings is 1. The molecule has 0 spiro atoms. The van der Waals surface area contributed by atoms with Crippen molar-refractivity contribution in [1.29, 1.82) is 0 Å². The number of nitrogens with zero attached hydrogens (tertiary/aromatic N) is 1. The first-order chi connectivity index (χ1) is 6.58. The van der Waals surface area contributed by atoms with Crippen molar-refractivity contribution in [2.75, 3.05) is 6.61 Å². The van der Waals surface area contributed by atoms with Crippen LogP contribution in [0.1, 0.15) is 19.4 Å². The molecule has 1 heterocycles. The summed E-state index contributed by atoms with van der Waals surface area (Å²) in [6.45, 7) is 4.70. The van der Waals surface area contributed by atoms with E-state index in [4.69, 9.17) is 16.3 Å². The van der Waals surface area contributed by atoms with Gasteiger partial charge in [-0.1, -0.05) is 23.7 Å². The van der Waals surface area contributed by atoms with Crippen molar-refractivity contribution in [1.82, 2.24) is 0 Å². The Morgan fingerprint density at radius 1 is 1.36 bits per heavy atom. The molecule has 0 radical (unpaired) electrons. The van der Waals surface area contributed by atoms with Crippen LogP contribution in [-0.4, -0.2) is 18.0 Å². The fraction of sp³-hybridized carbons (Fsp3) is 0.364. The summed E-state index contributed by atoms with van der Waals surface area (Å²) >= 11 is 6.04. The van der Waals surface area contributed by atoms with Gasteiger partial charge in [0, 0.05) is 0 Å². The van der Waals surface area contributed by atoms with E-state index in [2.05, 4.69) is 4.99 Å². The summed E-state index contributed by atoms with van der Waals surface area (Å²) in [6.07, 6.45) is 0. The number of ether oxygens (including phenoxy) is 1. The first-order valence-corrected chi connectivity index (χ1v) is 4.94. The molecule has 1 aromatic rings. The molecule has 1 aliphatic rings. The van der Waals surface area contributed by atoms with E-state index in [0.717, 1.165) is 5.56 Å². The molecule has 0 aromatic heterocycles. The zero-order chi connectivity index (χ0) is 10.2. The molecular formula is C11H12ClNO. The Hall–Kier alpha value is -1.02. The molecule has 0 saturated heterocycles. The second kappa shape index (κ2) is 3.28. The van der Waals surface area contributed by atoms with Crippen molar-refractivity contribution in [2.24, 2.45) is 4.99 Å². The van der Waals surface area contributed by atoms with Crippen LogP contribution in [0, 0.1) is 0 Å². The second-order valence-corrected chi connectivity index (χ2v) is 4.41. The van der Waals surface area contributed by atoms with Crippen LogP contribution in [0.4, 0.5) is 0 Å². The van der Waals surface area contributed by atoms with Gasteiger partial charge in [-0.3, -0.25) is 0 Å². The summed E-state index contributed by atoms with van der Waals surface area (Å²) in [7, 11) is 0. The van der Waals surface area contributed by atoms with Crippen LogP contribution >= 0.6 is 11.6 Å². The van der Waals surface area contributed by atoms with Gasteiger partial charge in [0.05, 0.1) is 16.1 Å². The lowest BCUT2D eigenvalue weighted by atomic mass is 10.1. The molecule has 0 unspecified atom stereocenters. The van der Waals surface area contributed by atoms with E-state index in [1.165, 1.54) is 0 Å². The van der Waals surface area contributed by atoms with Crippen molar-refractivity contribution >= 4 is 17.5 Å². The maximum Gasteiger partial charge on any atom is 0.218 e. The van der Waals surface area contributed by atoms with Gasteiger partial charge in [-0.25, -0.2) is 4.99 Å². The van der Waals surface area contributed by atoms with Gasteiger partial charge in [0.2, 0.25) is 5.90 Å². The highest BCUT2D eigenvalue weighted by molar-refractivity contribution is 6.33. The zero-order valence-corrected chi connectivity index (χ0v) is 9.01. The fourth-order valence-corrected chi connectivity index (χ4v) is 1.57. The topological polar surface area (TPSA) is 21.6 Å². The Labute approximate surface area is 88.6 Å². The van der Waals surface area contributed by atoms with E-state index >= 15 is 0 Å². The third kappa shape index (κ3) is 1.75. The first-order valence-electron chi connectivity index (χ1n) is 4.56. The molecule has 3 heteroatoms. The van der Waals surface area contributed by atoms with Gasteiger partial charge in [0.1, 0.15) is 6.61 Å². The molecule has 0 amide bonds. The lowest BCUT2D eigenvalue weighted by molar-refractivity contribution is 0.279. The van der Waals surface area contributed by atoms with Crippen molar-refractivity contribution in [3.8, 4) is 0 Å². The van der Waals surface area contributed by atoms with Crippen LogP contribution in [0.15, 0.2) is 29.3 Å². The molecule has 2 rings (SSSR count). The monoisotopic (exact) mass is 209 g/mol. The predicted molar refractivity (Wildman–Crippen MR) is 58.0 cm³/mol. The minimum Gasteiger partial charge on any atom is -0.475 e. The van der Waals surface area contributed by atoms with Crippen LogP contribution in [-0.2, 0) is 4.74 Å². The van der Waals surface area contributed by atoms with E-state index in [1.807, 2.05) is 38.1 Å². The number of hydrogen-bond acceptors (Lipinski definition) is 2. The summed E-state index contributed by atoms with van der Waals surface area (Å²) in [5.74, 6) is 0.653. The molecule has 0 N–H and O–H groups in total. The molecule has 0 bridgehead atoms. The van der Waals surface area contributed by atoms with Crippen LogP contribution in [0.5, 0.6) is 0 Å². The molecule has 1 aromatic carbocycles. The SMILES string of the molecule is CC1(C)COC(c2ccccc2Cl)=N1. The summed E-state index contributed by atoms with van der Waals surface area (Å²) in [5, 5.41) is 0.684. The van der Waals surface area contributed by atoms with Crippen molar-refractivity contribution in [3.05, 3.63) is 34.9 Å². The van der Waals surface area contributed by atoms with Crippen LogP contribution in [0.3, 0.4) is 0 Å². The van der Waals surface area contributed by atoms with Gasteiger partial charge in [0.15, 0.2) is 0 Å². The zero-order valence-electron chi connectivity index (χ0n) is 8.25. The first kappa shape index (κ1) is 9.53. The highest BCUT2D eigenvalue weighted by Crippen LogP contribution is 2.24.